The maximum absolute atomic E-state index is 13.3. The summed E-state index contributed by atoms with van der Waals surface area (Å²) in [5.41, 5.74) is 1.15. The van der Waals surface area contributed by atoms with E-state index in [-0.39, 0.29) is 5.39 Å². The first-order valence-electron chi connectivity index (χ1n) is 9.10. The Morgan fingerprint density at radius 1 is 1.21 bits per heavy atom. The van der Waals surface area contributed by atoms with Gasteiger partial charge < -0.3 is 0 Å². The summed E-state index contributed by atoms with van der Waals surface area (Å²) >= 11 is 6.58. The van der Waals surface area contributed by atoms with E-state index in [0.717, 1.165) is 24.9 Å². The zero-order valence-corrected chi connectivity index (χ0v) is 17.4. The van der Waals surface area contributed by atoms with Crippen LogP contribution in [0.5, 0.6) is 0 Å². The first-order valence-corrected chi connectivity index (χ1v) is 10.3. The van der Waals surface area contributed by atoms with Gasteiger partial charge in [-0.2, -0.15) is 23.4 Å². The molecule has 0 unspecified atom stereocenters. The summed E-state index contributed by atoms with van der Waals surface area (Å²) in [4.78, 5) is 1.02. The SMILES string of the molecule is CCCCc1ccc(-n2c(-c3cc4c(C(F)(F)F)nn(C)c4s3)n[nH]c2=S)cc1. The average Bonchev–Trinajstić information content (AvgIpc) is 3.34. The largest absolute Gasteiger partial charge is 0.435 e. The molecule has 0 atom stereocenters. The Labute approximate surface area is 173 Å². The fraction of sp³-hybridized carbons (Fsp3) is 0.316. The van der Waals surface area contributed by atoms with Crippen molar-refractivity contribution >= 4 is 33.8 Å². The third-order valence-electron chi connectivity index (χ3n) is 4.69. The first kappa shape index (κ1) is 19.8. The van der Waals surface area contributed by atoms with Gasteiger partial charge >= 0.3 is 6.18 Å². The number of unbranched alkanes of at least 4 members (excludes halogenated alkanes) is 1. The molecule has 0 aliphatic heterocycles. The molecular weight excluding hydrogens is 419 g/mol. The van der Waals surface area contributed by atoms with Gasteiger partial charge in [0, 0.05) is 12.4 Å². The molecule has 3 aromatic heterocycles. The van der Waals surface area contributed by atoms with Gasteiger partial charge in [0.2, 0.25) is 0 Å². The van der Waals surface area contributed by atoms with Gasteiger partial charge in [-0.05, 0) is 48.8 Å². The summed E-state index contributed by atoms with van der Waals surface area (Å²) in [5, 5.41) is 10.7. The van der Waals surface area contributed by atoms with Crippen molar-refractivity contribution in [3.05, 3.63) is 46.4 Å². The molecule has 0 saturated heterocycles. The normalized spacial score (nSPS) is 12.2. The Balaban J connectivity index is 1.79. The fourth-order valence-electron chi connectivity index (χ4n) is 3.25. The summed E-state index contributed by atoms with van der Waals surface area (Å²) in [6.07, 6.45) is -1.27. The van der Waals surface area contributed by atoms with Crippen LogP contribution in [0.15, 0.2) is 30.3 Å². The second-order valence-corrected chi connectivity index (χ2v) is 8.17. The number of hydrogen-bond donors (Lipinski definition) is 1. The first-order chi connectivity index (χ1) is 13.8. The number of benzene rings is 1. The number of halogens is 3. The molecule has 1 N–H and O–H groups in total. The van der Waals surface area contributed by atoms with E-state index in [9.17, 15) is 13.2 Å². The molecule has 1 aromatic carbocycles. The Hall–Kier alpha value is -2.46. The van der Waals surface area contributed by atoms with Gasteiger partial charge in [0.1, 0.15) is 4.83 Å². The van der Waals surface area contributed by atoms with E-state index in [1.165, 1.54) is 34.7 Å². The van der Waals surface area contributed by atoms with Crippen molar-refractivity contribution in [2.45, 2.75) is 32.4 Å². The molecule has 152 valence electrons. The zero-order valence-electron chi connectivity index (χ0n) is 15.7. The molecule has 10 heteroatoms. The molecule has 0 fully saturated rings. The fourth-order valence-corrected chi connectivity index (χ4v) is 4.54. The molecule has 0 aliphatic rings. The van der Waals surface area contributed by atoms with Crippen LogP contribution in [-0.4, -0.2) is 24.5 Å². The highest BCUT2D eigenvalue weighted by Crippen LogP contribution is 2.40. The van der Waals surface area contributed by atoms with Crippen LogP contribution in [0, 0.1) is 4.77 Å². The van der Waals surface area contributed by atoms with E-state index in [1.54, 1.807) is 4.57 Å². The van der Waals surface area contributed by atoms with Crippen molar-refractivity contribution in [2.75, 3.05) is 0 Å². The molecular formula is C19H18F3N5S2. The third-order valence-corrected chi connectivity index (χ3v) is 6.16. The van der Waals surface area contributed by atoms with E-state index < -0.39 is 11.9 Å². The number of H-pyrrole nitrogens is 1. The van der Waals surface area contributed by atoms with E-state index in [4.69, 9.17) is 12.2 Å². The van der Waals surface area contributed by atoms with E-state index >= 15 is 0 Å². The maximum atomic E-state index is 13.3. The van der Waals surface area contributed by atoms with E-state index in [1.807, 2.05) is 24.3 Å². The number of nitrogens with zero attached hydrogens (tertiary/aromatic N) is 4. The molecule has 4 aromatic rings. The number of aromatic nitrogens is 5. The molecule has 0 bridgehead atoms. The molecule has 5 nitrogen and oxygen atoms in total. The monoisotopic (exact) mass is 437 g/mol. The van der Waals surface area contributed by atoms with Crippen molar-refractivity contribution in [3.8, 4) is 16.4 Å². The number of rotatable bonds is 5. The molecule has 0 radical (unpaired) electrons. The van der Waals surface area contributed by atoms with Crippen LogP contribution in [0.4, 0.5) is 13.2 Å². The molecule has 3 heterocycles. The molecule has 0 saturated carbocycles. The summed E-state index contributed by atoms with van der Waals surface area (Å²) in [5.74, 6) is 0.477. The van der Waals surface area contributed by atoms with Crippen molar-refractivity contribution in [1.82, 2.24) is 24.5 Å². The van der Waals surface area contributed by atoms with Crippen molar-refractivity contribution in [2.24, 2.45) is 7.05 Å². The molecule has 0 amide bonds. The highest BCUT2D eigenvalue weighted by atomic mass is 32.1. The number of hydrogen-bond acceptors (Lipinski definition) is 4. The average molecular weight is 438 g/mol. The smallest absolute Gasteiger partial charge is 0.267 e. The summed E-state index contributed by atoms with van der Waals surface area (Å²) in [6.45, 7) is 2.15. The number of fused-ring (bicyclic) bond motifs is 1. The van der Waals surface area contributed by atoms with Gasteiger partial charge in [0.15, 0.2) is 16.3 Å². The second kappa shape index (κ2) is 7.42. The predicted molar refractivity (Wildman–Crippen MR) is 110 cm³/mol. The molecule has 0 spiro atoms. The van der Waals surface area contributed by atoms with Crippen LogP contribution in [0.1, 0.15) is 31.0 Å². The lowest BCUT2D eigenvalue weighted by Crippen LogP contribution is -2.07. The maximum Gasteiger partial charge on any atom is 0.435 e. The minimum Gasteiger partial charge on any atom is -0.267 e. The van der Waals surface area contributed by atoms with E-state index in [0.29, 0.717) is 20.3 Å². The summed E-state index contributed by atoms with van der Waals surface area (Å²) in [7, 11) is 1.50. The number of aryl methyl sites for hydroxylation is 2. The molecule has 4 rings (SSSR count). The number of nitrogens with one attached hydrogen (secondary N) is 1. The van der Waals surface area contributed by atoms with Crippen molar-refractivity contribution < 1.29 is 13.2 Å². The van der Waals surface area contributed by atoms with Gasteiger partial charge in [-0.25, -0.2) is 0 Å². The second-order valence-electron chi connectivity index (χ2n) is 6.76. The highest BCUT2D eigenvalue weighted by molar-refractivity contribution is 7.71. The van der Waals surface area contributed by atoms with Crippen LogP contribution < -0.4 is 0 Å². The number of alkyl halides is 3. The van der Waals surface area contributed by atoms with Crippen LogP contribution >= 0.6 is 23.6 Å². The van der Waals surface area contributed by atoms with Crippen LogP contribution in [0.2, 0.25) is 0 Å². The van der Waals surface area contributed by atoms with Crippen molar-refractivity contribution in [3.63, 3.8) is 0 Å². The van der Waals surface area contributed by atoms with Gasteiger partial charge in [-0.3, -0.25) is 14.3 Å². The summed E-state index contributed by atoms with van der Waals surface area (Å²) < 4.78 is 43.3. The minimum atomic E-state index is -4.52. The standard InChI is InChI=1S/C19H18F3N5S2/c1-3-4-5-11-6-8-12(9-7-11)27-16(23-24-18(27)28)14-10-13-15(19(20,21)22)25-26(2)17(13)29-14/h6-10H,3-5H2,1-2H3,(H,24,28). The van der Waals surface area contributed by atoms with Crippen LogP contribution in [-0.2, 0) is 19.6 Å². The Morgan fingerprint density at radius 3 is 2.59 bits per heavy atom. The van der Waals surface area contributed by atoms with Gasteiger partial charge in [0.25, 0.3) is 0 Å². The zero-order chi connectivity index (χ0) is 20.8. The lowest BCUT2D eigenvalue weighted by Gasteiger charge is -2.07. The Morgan fingerprint density at radius 2 is 1.93 bits per heavy atom. The quantitative estimate of drug-likeness (QED) is 0.395. The van der Waals surface area contributed by atoms with Crippen LogP contribution in [0.3, 0.4) is 0 Å². The number of aromatic amines is 1. The van der Waals surface area contributed by atoms with Crippen LogP contribution in [0.25, 0.3) is 26.6 Å². The molecule has 29 heavy (non-hydrogen) atoms. The minimum absolute atomic E-state index is 0.0652. The molecule has 0 aliphatic carbocycles. The van der Waals surface area contributed by atoms with Crippen molar-refractivity contribution in [1.29, 1.82) is 0 Å². The predicted octanol–water partition coefficient (Wildman–Crippen LogP) is 5.91. The lowest BCUT2D eigenvalue weighted by molar-refractivity contribution is -0.140. The Bertz CT molecular complexity index is 1210. The summed E-state index contributed by atoms with van der Waals surface area (Å²) in [6, 6.07) is 9.47. The van der Waals surface area contributed by atoms with Gasteiger partial charge in [-0.15, -0.1) is 11.3 Å². The topological polar surface area (TPSA) is 51.4 Å². The number of thiophene rings is 1. The van der Waals surface area contributed by atoms with Gasteiger partial charge in [0.05, 0.1) is 10.6 Å². The lowest BCUT2D eigenvalue weighted by atomic mass is 10.1. The highest BCUT2D eigenvalue weighted by Gasteiger charge is 2.37. The van der Waals surface area contributed by atoms with Gasteiger partial charge in [-0.1, -0.05) is 25.5 Å². The Kier molecular flexibility index (Phi) is 5.07. The van der Waals surface area contributed by atoms with E-state index in [2.05, 4.69) is 22.2 Å². The third kappa shape index (κ3) is 3.62.